The van der Waals surface area contributed by atoms with Crippen molar-refractivity contribution in [3.8, 4) is 5.75 Å². The van der Waals surface area contributed by atoms with Crippen molar-refractivity contribution < 1.29 is 14.3 Å². The fourth-order valence-corrected chi connectivity index (χ4v) is 3.11. The van der Waals surface area contributed by atoms with Gasteiger partial charge < -0.3 is 9.47 Å². The molecule has 0 fully saturated rings. The van der Waals surface area contributed by atoms with Gasteiger partial charge in [-0.25, -0.2) is 4.79 Å². The predicted molar refractivity (Wildman–Crippen MR) is 110 cm³/mol. The molecule has 0 heterocycles. The second-order valence-corrected chi connectivity index (χ2v) is 6.92. The summed E-state index contributed by atoms with van der Waals surface area (Å²) in [5.41, 5.74) is 2.59. The molecule has 1 atom stereocenters. The first kappa shape index (κ1) is 20.8. The molecule has 0 amide bonds. The summed E-state index contributed by atoms with van der Waals surface area (Å²) in [5.74, 6) is 0.980. The van der Waals surface area contributed by atoms with Gasteiger partial charge in [-0.2, -0.15) is 0 Å². The van der Waals surface area contributed by atoms with Gasteiger partial charge in [0, 0.05) is 6.08 Å². The summed E-state index contributed by atoms with van der Waals surface area (Å²) in [4.78, 5) is 11.1. The Morgan fingerprint density at radius 1 is 0.963 bits per heavy atom. The van der Waals surface area contributed by atoms with Gasteiger partial charge in [0.25, 0.3) is 0 Å². The van der Waals surface area contributed by atoms with Gasteiger partial charge in [0.2, 0.25) is 0 Å². The van der Waals surface area contributed by atoms with E-state index < -0.39 is 0 Å². The summed E-state index contributed by atoms with van der Waals surface area (Å²) in [6.07, 6.45) is 4.99. The number of benzene rings is 2. The van der Waals surface area contributed by atoms with Crippen LogP contribution in [0.1, 0.15) is 62.7 Å². The summed E-state index contributed by atoms with van der Waals surface area (Å²) in [6.45, 7) is 8.28. The van der Waals surface area contributed by atoms with Crippen molar-refractivity contribution in [2.24, 2.45) is 0 Å². The molecule has 0 bridgehead atoms. The molecule has 2 aromatic carbocycles. The lowest BCUT2D eigenvalue weighted by Crippen LogP contribution is -2.11. The number of carbonyl (C=O) groups is 1. The SMILES string of the molecule is C=CC(=O)OCCCCCC(Oc1ccccc1)c1ccccc1C(C)C. The van der Waals surface area contributed by atoms with Gasteiger partial charge in [-0.3, -0.25) is 0 Å². The van der Waals surface area contributed by atoms with Crippen molar-refractivity contribution in [2.45, 2.75) is 51.6 Å². The molecular weight excluding hydrogens is 336 g/mol. The Morgan fingerprint density at radius 2 is 1.63 bits per heavy atom. The third-order valence-corrected chi connectivity index (χ3v) is 4.51. The Balaban J connectivity index is 2.00. The second kappa shape index (κ2) is 11.2. The summed E-state index contributed by atoms with van der Waals surface area (Å²) < 4.78 is 11.4. The molecular formula is C24H30O3. The Bertz CT molecular complexity index is 707. The summed E-state index contributed by atoms with van der Waals surface area (Å²) in [7, 11) is 0. The zero-order valence-corrected chi connectivity index (χ0v) is 16.4. The van der Waals surface area contributed by atoms with Gasteiger partial charge in [-0.15, -0.1) is 0 Å². The fraction of sp³-hybridized carbons (Fsp3) is 0.375. The molecule has 3 heteroatoms. The van der Waals surface area contributed by atoms with Crippen LogP contribution in [0.15, 0.2) is 67.3 Å². The molecule has 0 N–H and O–H groups in total. The van der Waals surface area contributed by atoms with Gasteiger partial charge in [-0.05, 0) is 54.9 Å². The monoisotopic (exact) mass is 366 g/mol. The first-order valence-corrected chi connectivity index (χ1v) is 9.71. The van der Waals surface area contributed by atoms with Crippen molar-refractivity contribution in [1.29, 1.82) is 0 Å². The zero-order valence-electron chi connectivity index (χ0n) is 16.4. The average molecular weight is 367 g/mol. The summed E-state index contributed by atoms with van der Waals surface area (Å²) in [5, 5.41) is 0. The first-order valence-electron chi connectivity index (χ1n) is 9.71. The number of ether oxygens (including phenoxy) is 2. The maximum absolute atomic E-state index is 11.1. The molecule has 0 saturated heterocycles. The van der Waals surface area contributed by atoms with E-state index in [2.05, 4.69) is 44.7 Å². The van der Waals surface area contributed by atoms with Crippen LogP contribution in [0.4, 0.5) is 0 Å². The number of para-hydroxylation sites is 1. The molecule has 3 nitrogen and oxygen atoms in total. The molecule has 0 radical (unpaired) electrons. The van der Waals surface area contributed by atoms with Crippen LogP contribution in [0.2, 0.25) is 0 Å². The molecule has 1 unspecified atom stereocenters. The Kier molecular flexibility index (Phi) is 8.63. The van der Waals surface area contributed by atoms with E-state index in [1.807, 2.05) is 30.3 Å². The van der Waals surface area contributed by atoms with E-state index >= 15 is 0 Å². The van der Waals surface area contributed by atoms with Crippen molar-refractivity contribution in [3.63, 3.8) is 0 Å². The van der Waals surface area contributed by atoms with Gasteiger partial charge in [0.1, 0.15) is 11.9 Å². The van der Waals surface area contributed by atoms with Crippen LogP contribution >= 0.6 is 0 Å². The number of carbonyl (C=O) groups excluding carboxylic acids is 1. The van der Waals surface area contributed by atoms with E-state index in [9.17, 15) is 4.79 Å². The van der Waals surface area contributed by atoms with Crippen molar-refractivity contribution in [1.82, 2.24) is 0 Å². The number of unbranched alkanes of at least 4 members (excludes halogenated alkanes) is 2. The Hall–Kier alpha value is -2.55. The minimum atomic E-state index is -0.355. The molecule has 0 aromatic heterocycles. The first-order chi connectivity index (χ1) is 13.1. The Morgan fingerprint density at radius 3 is 2.30 bits per heavy atom. The van der Waals surface area contributed by atoms with Gasteiger partial charge in [0.15, 0.2) is 0 Å². The van der Waals surface area contributed by atoms with Crippen molar-refractivity contribution >= 4 is 5.97 Å². The molecule has 27 heavy (non-hydrogen) atoms. The van der Waals surface area contributed by atoms with Gasteiger partial charge in [0.05, 0.1) is 6.61 Å². The standard InChI is InChI=1S/C24H30O3/c1-4-24(25)26-18-12-6-9-17-23(27-20-13-7-5-8-14-20)22-16-11-10-15-21(22)19(2)3/h4-5,7-8,10-11,13-16,19,23H,1,6,9,12,17-18H2,2-3H3. The predicted octanol–water partition coefficient (Wildman–Crippen LogP) is 6.22. The molecule has 2 rings (SSSR count). The highest BCUT2D eigenvalue weighted by molar-refractivity contribution is 5.81. The van der Waals surface area contributed by atoms with Crippen LogP contribution in [0.25, 0.3) is 0 Å². The lowest BCUT2D eigenvalue weighted by molar-refractivity contribution is -0.137. The molecule has 0 spiro atoms. The van der Waals surface area contributed by atoms with E-state index in [4.69, 9.17) is 9.47 Å². The smallest absolute Gasteiger partial charge is 0.330 e. The minimum absolute atomic E-state index is 0.0155. The van der Waals surface area contributed by atoms with Crippen LogP contribution in [-0.2, 0) is 9.53 Å². The van der Waals surface area contributed by atoms with Crippen LogP contribution in [0.3, 0.4) is 0 Å². The topological polar surface area (TPSA) is 35.5 Å². The molecule has 0 aliphatic rings. The van der Waals surface area contributed by atoms with Crippen LogP contribution in [0.5, 0.6) is 5.75 Å². The van der Waals surface area contributed by atoms with E-state index in [0.717, 1.165) is 31.4 Å². The molecule has 2 aromatic rings. The zero-order chi connectivity index (χ0) is 19.5. The lowest BCUT2D eigenvalue weighted by Gasteiger charge is -2.23. The third-order valence-electron chi connectivity index (χ3n) is 4.51. The van der Waals surface area contributed by atoms with Crippen molar-refractivity contribution in [3.05, 3.63) is 78.4 Å². The summed E-state index contributed by atoms with van der Waals surface area (Å²) in [6, 6.07) is 18.5. The molecule has 0 aliphatic heterocycles. The highest BCUT2D eigenvalue weighted by Crippen LogP contribution is 2.32. The van der Waals surface area contributed by atoms with Gasteiger partial charge in [-0.1, -0.05) is 62.9 Å². The van der Waals surface area contributed by atoms with E-state index in [1.54, 1.807) is 0 Å². The lowest BCUT2D eigenvalue weighted by atomic mass is 9.92. The third kappa shape index (κ3) is 6.93. The summed E-state index contributed by atoms with van der Waals surface area (Å²) >= 11 is 0. The minimum Gasteiger partial charge on any atom is -0.486 e. The van der Waals surface area contributed by atoms with Crippen molar-refractivity contribution in [2.75, 3.05) is 6.61 Å². The second-order valence-electron chi connectivity index (χ2n) is 6.92. The average Bonchev–Trinajstić information content (AvgIpc) is 2.70. The quantitative estimate of drug-likeness (QED) is 0.269. The van der Waals surface area contributed by atoms with Crippen LogP contribution < -0.4 is 4.74 Å². The van der Waals surface area contributed by atoms with E-state index in [-0.39, 0.29) is 12.1 Å². The molecule has 0 aliphatic carbocycles. The van der Waals surface area contributed by atoms with E-state index in [0.29, 0.717) is 12.5 Å². The highest BCUT2D eigenvalue weighted by Gasteiger charge is 2.18. The van der Waals surface area contributed by atoms with Gasteiger partial charge >= 0.3 is 5.97 Å². The maximum atomic E-state index is 11.1. The fourth-order valence-electron chi connectivity index (χ4n) is 3.11. The van der Waals surface area contributed by atoms with Crippen LogP contribution in [-0.4, -0.2) is 12.6 Å². The number of esters is 1. The largest absolute Gasteiger partial charge is 0.486 e. The maximum Gasteiger partial charge on any atom is 0.330 e. The molecule has 144 valence electrons. The normalized spacial score (nSPS) is 11.8. The Labute approximate surface area is 163 Å². The number of hydrogen-bond donors (Lipinski definition) is 0. The van der Waals surface area contributed by atoms with E-state index in [1.165, 1.54) is 17.2 Å². The highest BCUT2D eigenvalue weighted by atomic mass is 16.5. The number of rotatable bonds is 11. The number of hydrogen-bond acceptors (Lipinski definition) is 3. The molecule has 0 saturated carbocycles. The van der Waals surface area contributed by atoms with Crippen LogP contribution in [0, 0.1) is 0 Å².